The molecule has 0 amide bonds. The first-order chi connectivity index (χ1) is 11.1. The fourth-order valence-corrected chi connectivity index (χ4v) is 3.35. The number of likely N-dealkylation sites (tertiary alicyclic amines) is 1. The van der Waals surface area contributed by atoms with E-state index >= 15 is 0 Å². The van der Waals surface area contributed by atoms with Crippen LogP contribution < -0.4 is 5.32 Å². The number of carbonyl (C=O) groups is 1. The number of piperidine rings is 1. The van der Waals surface area contributed by atoms with E-state index in [1.54, 1.807) is 0 Å². The lowest BCUT2D eigenvalue weighted by atomic mass is 9.92. The third-order valence-corrected chi connectivity index (χ3v) is 4.28. The van der Waals surface area contributed by atoms with Crippen molar-refractivity contribution in [3.8, 4) is 0 Å². The first kappa shape index (κ1) is 23.5. The van der Waals surface area contributed by atoms with E-state index in [0.717, 1.165) is 63.1 Å². The van der Waals surface area contributed by atoms with Crippen LogP contribution in [0.5, 0.6) is 0 Å². The standard InChI is InChI=1S/C18H35N3O2.HI/c1-5-23-17(22)10-8-6-7-9-11-20-18(19-4)21-13-15(2)12-16(3)14-21;/h15-16H,5-14H2,1-4H3,(H,19,20);1H. The molecule has 2 unspecified atom stereocenters. The van der Waals surface area contributed by atoms with Gasteiger partial charge in [0.05, 0.1) is 6.61 Å². The number of guanidine groups is 1. The summed E-state index contributed by atoms with van der Waals surface area (Å²) in [4.78, 5) is 18.0. The Morgan fingerprint density at radius 2 is 1.79 bits per heavy atom. The SMILES string of the molecule is CCOC(=O)CCCCCCNC(=NC)N1CC(C)CC(C)C1.I. The van der Waals surface area contributed by atoms with Crippen molar-refractivity contribution < 1.29 is 9.53 Å². The minimum absolute atomic E-state index is 0. The van der Waals surface area contributed by atoms with Gasteiger partial charge in [0.1, 0.15) is 0 Å². The molecule has 2 atom stereocenters. The van der Waals surface area contributed by atoms with Gasteiger partial charge in [0.2, 0.25) is 0 Å². The minimum Gasteiger partial charge on any atom is -0.466 e. The van der Waals surface area contributed by atoms with Crippen LogP contribution in [0.4, 0.5) is 0 Å². The van der Waals surface area contributed by atoms with E-state index in [9.17, 15) is 4.79 Å². The highest BCUT2D eigenvalue weighted by molar-refractivity contribution is 14.0. The van der Waals surface area contributed by atoms with Crippen LogP contribution in [-0.4, -0.2) is 50.1 Å². The van der Waals surface area contributed by atoms with Crippen LogP contribution in [0.3, 0.4) is 0 Å². The number of hydrogen-bond donors (Lipinski definition) is 1. The fraction of sp³-hybridized carbons (Fsp3) is 0.889. The van der Waals surface area contributed by atoms with E-state index in [2.05, 4.69) is 29.1 Å². The van der Waals surface area contributed by atoms with Gasteiger partial charge in [0.25, 0.3) is 0 Å². The monoisotopic (exact) mass is 453 g/mol. The van der Waals surface area contributed by atoms with E-state index in [-0.39, 0.29) is 29.9 Å². The Balaban J connectivity index is 0.00000529. The number of carbonyl (C=O) groups excluding carboxylic acids is 1. The second-order valence-electron chi connectivity index (χ2n) is 6.79. The number of hydrogen-bond acceptors (Lipinski definition) is 3. The summed E-state index contributed by atoms with van der Waals surface area (Å²) in [6.45, 7) is 10.1. The molecule has 24 heavy (non-hydrogen) atoms. The van der Waals surface area contributed by atoms with E-state index in [4.69, 9.17) is 4.74 Å². The number of nitrogens with one attached hydrogen (secondary N) is 1. The van der Waals surface area contributed by atoms with Crippen LogP contribution >= 0.6 is 24.0 Å². The molecule has 1 N–H and O–H groups in total. The molecular weight excluding hydrogens is 417 g/mol. The number of halogens is 1. The molecule has 6 heteroatoms. The molecule has 0 aromatic heterocycles. The molecule has 0 bridgehead atoms. The van der Waals surface area contributed by atoms with Crippen LogP contribution in [0.25, 0.3) is 0 Å². The Hall–Kier alpha value is -0.530. The second-order valence-corrected chi connectivity index (χ2v) is 6.79. The minimum atomic E-state index is -0.0700. The van der Waals surface area contributed by atoms with Gasteiger partial charge in [0, 0.05) is 33.1 Å². The van der Waals surface area contributed by atoms with Gasteiger partial charge in [-0.3, -0.25) is 9.79 Å². The van der Waals surface area contributed by atoms with Crippen LogP contribution in [0, 0.1) is 11.8 Å². The molecule has 1 fully saturated rings. The number of rotatable bonds is 8. The highest BCUT2D eigenvalue weighted by Crippen LogP contribution is 2.20. The van der Waals surface area contributed by atoms with Gasteiger partial charge >= 0.3 is 5.97 Å². The molecule has 0 aliphatic carbocycles. The summed E-state index contributed by atoms with van der Waals surface area (Å²) in [5.74, 6) is 2.44. The maximum absolute atomic E-state index is 11.2. The average molecular weight is 453 g/mol. The van der Waals surface area contributed by atoms with Crippen LogP contribution in [-0.2, 0) is 9.53 Å². The van der Waals surface area contributed by atoms with Gasteiger partial charge < -0.3 is 15.0 Å². The van der Waals surface area contributed by atoms with Crippen LogP contribution in [0.2, 0.25) is 0 Å². The predicted octanol–water partition coefficient (Wildman–Crippen LogP) is 3.67. The normalized spacial score (nSPS) is 21.2. The first-order valence-corrected chi connectivity index (χ1v) is 9.18. The highest BCUT2D eigenvalue weighted by Gasteiger charge is 2.23. The van der Waals surface area contributed by atoms with Gasteiger partial charge in [-0.2, -0.15) is 0 Å². The third-order valence-electron chi connectivity index (χ3n) is 4.28. The highest BCUT2D eigenvalue weighted by atomic mass is 127. The molecule has 1 aliphatic heterocycles. The van der Waals surface area contributed by atoms with E-state index in [1.165, 1.54) is 6.42 Å². The summed E-state index contributed by atoms with van der Waals surface area (Å²) in [5.41, 5.74) is 0. The van der Waals surface area contributed by atoms with Gasteiger partial charge in [-0.15, -0.1) is 24.0 Å². The van der Waals surface area contributed by atoms with Gasteiger partial charge in [-0.1, -0.05) is 26.7 Å². The summed E-state index contributed by atoms with van der Waals surface area (Å²) in [5, 5.41) is 3.48. The van der Waals surface area contributed by atoms with Gasteiger partial charge in [-0.25, -0.2) is 0 Å². The van der Waals surface area contributed by atoms with E-state index < -0.39 is 0 Å². The van der Waals surface area contributed by atoms with Gasteiger partial charge in [0.15, 0.2) is 5.96 Å². The molecule has 1 saturated heterocycles. The van der Waals surface area contributed by atoms with Crippen molar-refractivity contribution in [3.05, 3.63) is 0 Å². The van der Waals surface area contributed by atoms with Crippen molar-refractivity contribution in [2.75, 3.05) is 33.3 Å². The third kappa shape index (κ3) is 9.69. The Kier molecular flexibility index (Phi) is 13.4. The van der Waals surface area contributed by atoms with Crippen LogP contribution in [0.1, 0.15) is 59.3 Å². The smallest absolute Gasteiger partial charge is 0.305 e. The zero-order valence-electron chi connectivity index (χ0n) is 15.8. The number of aliphatic imine (C=N–C) groups is 1. The lowest BCUT2D eigenvalue weighted by Crippen LogP contribution is -2.48. The number of ether oxygens (including phenoxy) is 1. The van der Waals surface area contributed by atoms with Crippen molar-refractivity contribution in [3.63, 3.8) is 0 Å². The molecule has 0 saturated carbocycles. The summed E-state index contributed by atoms with van der Waals surface area (Å²) in [6.07, 6.45) is 6.11. The molecule has 1 rings (SSSR count). The van der Waals surface area contributed by atoms with E-state index in [0.29, 0.717) is 13.0 Å². The lowest BCUT2D eigenvalue weighted by molar-refractivity contribution is -0.143. The summed E-state index contributed by atoms with van der Waals surface area (Å²) in [7, 11) is 1.87. The zero-order chi connectivity index (χ0) is 17.1. The Morgan fingerprint density at radius 1 is 1.17 bits per heavy atom. The zero-order valence-corrected chi connectivity index (χ0v) is 18.2. The predicted molar refractivity (Wildman–Crippen MR) is 111 cm³/mol. The van der Waals surface area contributed by atoms with Crippen molar-refractivity contribution in [1.29, 1.82) is 0 Å². The number of unbranched alkanes of at least 4 members (excludes halogenated alkanes) is 3. The maximum atomic E-state index is 11.2. The van der Waals surface area contributed by atoms with Crippen molar-refractivity contribution in [2.45, 2.75) is 59.3 Å². The quantitative estimate of drug-likeness (QED) is 0.200. The van der Waals surface area contributed by atoms with Gasteiger partial charge in [-0.05, 0) is 38.0 Å². The maximum Gasteiger partial charge on any atom is 0.305 e. The topological polar surface area (TPSA) is 53.9 Å². The molecule has 0 aromatic rings. The Morgan fingerprint density at radius 3 is 2.38 bits per heavy atom. The molecule has 0 aromatic carbocycles. The molecule has 1 heterocycles. The summed E-state index contributed by atoms with van der Waals surface area (Å²) in [6, 6.07) is 0. The first-order valence-electron chi connectivity index (χ1n) is 9.18. The second kappa shape index (κ2) is 13.7. The number of nitrogens with zero attached hydrogens (tertiary/aromatic N) is 2. The van der Waals surface area contributed by atoms with Crippen molar-refractivity contribution >= 4 is 35.9 Å². The van der Waals surface area contributed by atoms with E-state index in [1.807, 2.05) is 14.0 Å². The molecule has 5 nitrogen and oxygen atoms in total. The number of esters is 1. The molecule has 142 valence electrons. The van der Waals surface area contributed by atoms with Crippen molar-refractivity contribution in [1.82, 2.24) is 10.2 Å². The molecule has 0 radical (unpaired) electrons. The Bertz CT molecular complexity index is 367. The Labute approximate surface area is 165 Å². The molecular formula is C18H36IN3O2. The summed E-state index contributed by atoms with van der Waals surface area (Å²) < 4.78 is 4.93. The summed E-state index contributed by atoms with van der Waals surface area (Å²) >= 11 is 0. The fourth-order valence-electron chi connectivity index (χ4n) is 3.35. The molecule has 1 aliphatic rings. The van der Waals surface area contributed by atoms with Crippen LogP contribution in [0.15, 0.2) is 4.99 Å². The largest absolute Gasteiger partial charge is 0.466 e. The van der Waals surface area contributed by atoms with Crippen molar-refractivity contribution in [2.24, 2.45) is 16.8 Å². The molecule has 0 spiro atoms. The lowest BCUT2D eigenvalue weighted by Gasteiger charge is -2.37. The average Bonchev–Trinajstić information content (AvgIpc) is 2.49.